The van der Waals surface area contributed by atoms with Crippen molar-refractivity contribution in [2.45, 2.75) is 25.9 Å². The molecule has 0 bridgehead atoms. The molecule has 0 aromatic carbocycles. The summed E-state index contributed by atoms with van der Waals surface area (Å²) in [4.78, 5) is 38.7. The molecule has 2 amide bonds. The normalized spacial score (nSPS) is 15.3. The van der Waals surface area contributed by atoms with Gasteiger partial charge in [-0.15, -0.1) is 0 Å². The molecule has 1 aromatic rings. The Morgan fingerprint density at radius 2 is 2.13 bits per heavy atom. The summed E-state index contributed by atoms with van der Waals surface area (Å²) in [6.45, 7) is 1.39. The Bertz CT molecular complexity index is 693. The Labute approximate surface area is 141 Å². The van der Waals surface area contributed by atoms with Crippen LogP contribution in [0.5, 0.6) is 0 Å². The van der Waals surface area contributed by atoms with Gasteiger partial charge in [0.15, 0.2) is 11.9 Å². The lowest BCUT2D eigenvalue weighted by Gasteiger charge is -2.16. The van der Waals surface area contributed by atoms with Crippen LogP contribution in [0.3, 0.4) is 0 Å². The summed E-state index contributed by atoms with van der Waals surface area (Å²) in [6.07, 6.45) is 0.512. The van der Waals surface area contributed by atoms with E-state index in [1.165, 1.54) is 19.2 Å². The van der Waals surface area contributed by atoms with Crippen molar-refractivity contribution >= 4 is 52.5 Å². The van der Waals surface area contributed by atoms with Gasteiger partial charge in [0.05, 0.1) is 10.0 Å². The third-order valence-electron chi connectivity index (χ3n) is 2.84. The Balaban J connectivity index is 1.94. The van der Waals surface area contributed by atoms with E-state index in [1.54, 1.807) is 0 Å². The number of amides is 2. The third kappa shape index (κ3) is 4.64. The largest absolute Gasteiger partial charge is 0.448 e. The Morgan fingerprint density at radius 1 is 1.39 bits per heavy atom. The molecule has 23 heavy (non-hydrogen) atoms. The Hall–Kier alpha value is -2.19. The number of hydrazone groups is 1. The molecule has 2 heterocycles. The molecule has 10 heteroatoms. The number of rotatable bonds is 4. The van der Waals surface area contributed by atoms with Crippen molar-refractivity contribution in [2.24, 2.45) is 5.10 Å². The van der Waals surface area contributed by atoms with E-state index >= 15 is 0 Å². The quantitative estimate of drug-likeness (QED) is 0.793. The first kappa shape index (κ1) is 17.2. The van der Waals surface area contributed by atoms with Gasteiger partial charge < -0.3 is 10.1 Å². The first-order valence-electron chi connectivity index (χ1n) is 6.55. The monoisotopic (exact) mass is 358 g/mol. The third-order valence-corrected chi connectivity index (χ3v) is 3.34. The lowest BCUT2D eigenvalue weighted by Crippen LogP contribution is -2.35. The van der Waals surface area contributed by atoms with Gasteiger partial charge in [-0.2, -0.15) is 5.10 Å². The minimum atomic E-state index is -1.10. The highest BCUT2D eigenvalue weighted by Crippen LogP contribution is 2.22. The summed E-state index contributed by atoms with van der Waals surface area (Å²) in [5.41, 5.74) is 2.22. The highest BCUT2D eigenvalue weighted by molar-refractivity contribution is 6.37. The highest BCUT2D eigenvalue weighted by Gasteiger charge is 2.24. The molecule has 0 fully saturated rings. The SMILES string of the molecule is C[C@@H](OC(=O)C1=NNC(=O)CC1)C(=O)Nc1ncc(Cl)cc1Cl. The molecule has 1 aliphatic rings. The molecule has 0 radical (unpaired) electrons. The number of hydrogen-bond donors (Lipinski definition) is 2. The average Bonchev–Trinajstić information content (AvgIpc) is 2.50. The number of carbonyl (C=O) groups excluding carboxylic acids is 3. The van der Waals surface area contributed by atoms with E-state index in [4.69, 9.17) is 27.9 Å². The number of hydrogen-bond acceptors (Lipinski definition) is 6. The molecule has 0 aliphatic carbocycles. The van der Waals surface area contributed by atoms with Crippen molar-refractivity contribution in [3.05, 3.63) is 22.3 Å². The van der Waals surface area contributed by atoms with Gasteiger partial charge in [-0.05, 0) is 13.0 Å². The molecule has 2 rings (SSSR count). The van der Waals surface area contributed by atoms with E-state index in [-0.39, 0.29) is 35.3 Å². The van der Waals surface area contributed by atoms with Crippen LogP contribution >= 0.6 is 23.2 Å². The first-order valence-corrected chi connectivity index (χ1v) is 7.30. The van der Waals surface area contributed by atoms with Gasteiger partial charge in [0.25, 0.3) is 5.91 Å². The van der Waals surface area contributed by atoms with Crippen LogP contribution in [-0.2, 0) is 19.1 Å². The second-order valence-electron chi connectivity index (χ2n) is 4.61. The van der Waals surface area contributed by atoms with Crippen LogP contribution in [-0.4, -0.2) is 34.6 Å². The van der Waals surface area contributed by atoms with Crippen LogP contribution in [0.4, 0.5) is 5.82 Å². The number of ether oxygens (including phenoxy) is 1. The Morgan fingerprint density at radius 3 is 2.74 bits per heavy atom. The van der Waals surface area contributed by atoms with Crippen molar-refractivity contribution in [2.75, 3.05) is 5.32 Å². The van der Waals surface area contributed by atoms with Crippen LogP contribution in [0.15, 0.2) is 17.4 Å². The molecule has 0 unspecified atom stereocenters. The minimum Gasteiger partial charge on any atom is -0.448 e. The predicted octanol–water partition coefficient (Wildman–Crippen LogP) is 1.52. The summed E-state index contributed by atoms with van der Waals surface area (Å²) in [5.74, 6) is -1.57. The summed E-state index contributed by atoms with van der Waals surface area (Å²) in [5, 5.41) is 6.50. The zero-order valence-corrected chi connectivity index (χ0v) is 13.4. The zero-order valence-electron chi connectivity index (χ0n) is 11.9. The molecular formula is C13H12Cl2N4O4. The molecule has 2 N–H and O–H groups in total. The van der Waals surface area contributed by atoms with Gasteiger partial charge in [0, 0.05) is 19.0 Å². The summed E-state index contributed by atoms with van der Waals surface area (Å²) >= 11 is 11.6. The number of esters is 1. The van der Waals surface area contributed by atoms with Crippen LogP contribution in [0.25, 0.3) is 0 Å². The van der Waals surface area contributed by atoms with Gasteiger partial charge in [-0.1, -0.05) is 23.2 Å². The van der Waals surface area contributed by atoms with Gasteiger partial charge in [-0.3, -0.25) is 9.59 Å². The number of carbonyl (C=O) groups is 3. The van der Waals surface area contributed by atoms with Gasteiger partial charge in [0.1, 0.15) is 5.71 Å². The number of pyridine rings is 1. The van der Waals surface area contributed by atoms with Crippen LogP contribution < -0.4 is 10.7 Å². The predicted molar refractivity (Wildman–Crippen MR) is 83.3 cm³/mol. The number of anilines is 1. The Kier molecular flexibility index (Phi) is 5.51. The van der Waals surface area contributed by atoms with E-state index < -0.39 is 18.0 Å². The molecule has 8 nitrogen and oxygen atoms in total. The standard InChI is InChI=1S/C13H12Cl2N4O4/c1-6(23-13(22)9-2-3-10(20)19-18-9)12(21)17-11-8(15)4-7(14)5-16-11/h4-6H,2-3H2,1H3,(H,19,20)(H,16,17,21)/t6-/m1/s1. The maximum atomic E-state index is 12.0. The number of aromatic nitrogens is 1. The number of nitrogens with one attached hydrogen (secondary N) is 2. The molecule has 0 saturated carbocycles. The molecule has 0 spiro atoms. The van der Waals surface area contributed by atoms with E-state index in [2.05, 4.69) is 20.8 Å². The van der Waals surface area contributed by atoms with E-state index in [9.17, 15) is 14.4 Å². The van der Waals surface area contributed by atoms with Gasteiger partial charge >= 0.3 is 5.97 Å². The van der Waals surface area contributed by atoms with Crippen LogP contribution in [0, 0.1) is 0 Å². The van der Waals surface area contributed by atoms with Crippen molar-refractivity contribution < 1.29 is 19.1 Å². The maximum Gasteiger partial charge on any atom is 0.355 e. The fourth-order valence-corrected chi connectivity index (χ4v) is 2.06. The van der Waals surface area contributed by atoms with Crippen molar-refractivity contribution in [1.82, 2.24) is 10.4 Å². The summed E-state index contributed by atoms with van der Waals surface area (Å²) < 4.78 is 4.99. The number of halogens is 2. The van der Waals surface area contributed by atoms with Gasteiger partial charge in [0.2, 0.25) is 5.91 Å². The molecule has 1 aliphatic heterocycles. The lowest BCUT2D eigenvalue weighted by molar-refractivity contribution is -0.146. The molecular weight excluding hydrogens is 347 g/mol. The maximum absolute atomic E-state index is 12.0. The highest BCUT2D eigenvalue weighted by atomic mass is 35.5. The molecule has 0 saturated heterocycles. The van der Waals surface area contributed by atoms with Crippen molar-refractivity contribution in [1.29, 1.82) is 0 Å². The van der Waals surface area contributed by atoms with Crippen molar-refractivity contribution in [3.63, 3.8) is 0 Å². The fraction of sp³-hybridized carbons (Fsp3) is 0.308. The lowest BCUT2D eigenvalue weighted by atomic mass is 10.2. The number of nitrogens with zero attached hydrogens (tertiary/aromatic N) is 2. The zero-order chi connectivity index (χ0) is 17.0. The van der Waals surface area contributed by atoms with E-state index in [0.29, 0.717) is 5.02 Å². The molecule has 122 valence electrons. The van der Waals surface area contributed by atoms with Gasteiger partial charge in [-0.25, -0.2) is 15.2 Å². The van der Waals surface area contributed by atoms with Crippen molar-refractivity contribution in [3.8, 4) is 0 Å². The van der Waals surface area contributed by atoms with Crippen LogP contribution in [0.2, 0.25) is 10.0 Å². The first-order chi connectivity index (χ1) is 10.9. The average molecular weight is 359 g/mol. The fourth-order valence-electron chi connectivity index (χ4n) is 1.63. The van der Waals surface area contributed by atoms with Crippen LogP contribution in [0.1, 0.15) is 19.8 Å². The summed E-state index contributed by atoms with van der Waals surface area (Å²) in [6, 6.07) is 1.42. The minimum absolute atomic E-state index is 0.0481. The smallest absolute Gasteiger partial charge is 0.355 e. The van der Waals surface area contributed by atoms with E-state index in [0.717, 1.165) is 0 Å². The second kappa shape index (κ2) is 7.38. The second-order valence-corrected chi connectivity index (χ2v) is 5.46. The summed E-state index contributed by atoms with van der Waals surface area (Å²) in [7, 11) is 0. The molecule has 1 aromatic heterocycles. The molecule has 1 atom stereocenters. The van der Waals surface area contributed by atoms with E-state index in [1.807, 2.05) is 0 Å². The topological polar surface area (TPSA) is 110 Å².